The molecule has 1 rings (SSSR count). The molecule has 0 aliphatic rings. The van der Waals surface area contributed by atoms with Crippen molar-refractivity contribution in [3.8, 4) is 0 Å². The summed E-state index contributed by atoms with van der Waals surface area (Å²) < 4.78 is 63.1. The van der Waals surface area contributed by atoms with E-state index in [-0.39, 0.29) is 10.8 Å². The van der Waals surface area contributed by atoms with Crippen LogP contribution in [0.3, 0.4) is 0 Å². The van der Waals surface area contributed by atoms with Crippen molar-refractivity contribution < 1.29 is 21.6 Å². The van der Waals surface area contributed by atoms with Gasteiger partial charge in [0.1, 0.15) is 4.90 Å². The summed E-state index contributed by atoms with van der Waals surface area (Å²) >= 11 is 5.70. The maximum atomic E-state index is 12.1. The van der Waals surface area contributed by atoms with E-state index in [0.29, 0.717) is 16.5 Å². The molecule has 0 radical (unpaired) electrons. The minimum absolute atomic E-state index is 0.0420. The molecule has 0 aliphatic heterocycles. The summed E-state index contributed by atoms with van der Waals surface area (Å²) in [4.78, 5) is -0.0420. The van der Waals surface area contributed by atoms with Crippen molar-refractivity contribution in [2.75, 3.05) is 13.6 Å². The predicted octanol–water partition coefficient (Wildman–Crippen LogP) is 2.82. The van der Waals surface area contributed by atoms with E-state index in [1.807, 2.05) is 6.92 Å². The average molecular weight is 333 g/mol. The van der Waals surface area contributed by atoms with Gasteiger partial charge in [0.05, 0.1) is 12.3 Å². The number of alkyl halides is 4. The molecule has 1 heterocycles. The first kappa shape index (κ1) is 17.3. The van der Waals surface area contributed by atoms with Crippen LogP contribution in [-0.2, 0) is 22.4 Å². The molecule has 116 valence electrons. The zero-order chi connectivity index (χ0) is 15.6. The van der Waals surface area contributed by atoms with Crippen LogP contribution >= 0.6 is 11.6 Å². The van der Waals surface area contributed by atoms with E-state index in [4.69, 9.17) is 11.6 Å². The first-order valence-electron chi connectivity index (χ1n) is 5.90. The fourth-order valence-corrected chi connectivity index (χ4v) is 3.12. The Balaban J connectivity index is 2.95. The molecule has 0 unspecified atom stereocenters. The molecule has 4 nitrogen and oxygen atoms in total. The Morgan fingerprint density at radius 3 is 2.40 bits per heavy atom. The largest absolute Gasteiger partial charge is 0.390 e. The molecule has 0 saturated heterocycles. The van der Waals surface area contributed by atoms with Gasteiger partial charge >= 0.3 is 6.18 Å². The minimum atomic E-state index is -4.39. The monoisotopic (exact) mass is 332 g/mol. The van der Waals surface area contributed by atoms with E-state index in [2.05, 4.69) is 0 Å². The van der Waals surface area contributed by atoms with Crippen LogP contribution in [0.25, 0.3) is 0 Å². The second-order valence-electron chi connectivity index (χ2n) is 4.28. The number of aryl methyl sites for hydroxylation is 1. The Labute approximate surface area is 121 Å². The third-order valence-corrected chi connectivity index (χ3v) is 4.95. The van der Waals surface area contributed by atoms with Gasteiger partial charge in [0.2, 0.25) is 10.0 Å². The van der Waals surface area contributed by atoms with Crippen molar-refractivity contribution in [2.45, 2.75) is 36.8 Å². The molecule has 20 heavy (non-hydrogen) atoms. The smallest absolute Gasteiger partial charge is 0.349 e. The van der Waals surface area contributed by atoms with Crippen LogP contribution in [0.4, 0.5) is 13.2 Å². The van der Waals surface area contributed by atoms with Gasteiger partial charge in [-0.1, -0.05) is 0 Å². The molecular formula is C11H16ClF3N2O2S. The maximum Gasteiger partial charge on any atom is 0.390 e. The van der Waals surface area contributed by atoms with E-state index < -0.39 is 29.2 Å². The molecule has 0 fully saturated rings. The number of nitrogens with zero attached hydrogens (tertiary/aromatic N) is 2. The highest BCUT2D eigenvalue weighted by Crippen LogP contribution is 2.23. The second-order valence-corrected chi connectivity index (χ2v) is 6.59. The van der Waals surface area contributed by atoms with Gasteiger partial charge in [-0.25, -0.2) is 12.7 Å². The fraction of sp³-hybridized carbons (Fsp3) is 0.636. The lowest BCUT2D eigenvalue weighted by molar-refractivity contribution is -0.135. The lowest BCUT2D eigenvalue weighted by atomic mass is 10.4. The zero-order valence-electron chi connectivity index (χ0n) is 11.1. The average Bonchev–Trinajstić information content (AvgIpc) is 2.78. The molecule has 0 aliphatic carbocycles. The second kappa shape index (κ2) is 6.36. The fourth-order valence-electron chi connectivity index (χ4n) is 1.66. The van der Waals surface area contributed by atoms with Gasteiger partial charge in [0.25, 0.3) is 0 Å². The molecule has 0 spiro atoms. The van der Waals surface area contributed by atoms with E-state index in [0.717, 1.165) is 7.05 Å². The van der Waals surface area contributed by atoms with Gasteiger partial charge in [0, 0.05) is 32.0 Å². The van der Waals surface area contributed by atoms with Gasteiger partial charge in [-0.3, -0.25) is 0 Å². The van der Waals surface area contributed by atoms with Gasteiger partial charge < -0.3 is 4.57 Å². The van der Waals surface area contributed by atoms with Crippen molar-refractivity contribution in [3.05, 3.63) is 18.0 Å². The lowest BCUT2D eigenvalue weighted by Crippen LogP contribution is -2.30. The summed E-state index contributed by atoms with van der Waals surface area (Å²) in [6, 6.07) is 1.38. The van der Waals surface area contributed by atoms with Crippen molar-refractivity contribution >= 4 is 21.6 Å². The zero-order valence-corrected chi connectivity index (χ0v) is 12.7. The summed E-state index contributed by atoms with van der Waals surface area (Å²) in [6.45, 7) is 1.74. The van der Waals surface area contributed by atoms with E-state index in [1.54, 1.807) is 4.57 Å². The summed E-state index contributed by atoms with van der Waals surface area (Å²) in [5, 5.41) is 0. The van der Waals surface area contributed by atoms with Crippen LogP contribution < -0.4 is 0 Å². The van der Waals surface area contributed by atoms with Gasteiger partial charge in [0.15, 0.2) is 0 Å². The van der Waals surface area contributed by atoms with Crippen LogP contribution in [0.15, 0.2) is 17.2 Å². The predicted molar refractivity (Wildman–Crippen MR) is 70.2 cm³/mol. The first-order valence-corrected chi connectivity index (χ1v) is 7.87. The molecule has 1 aromatic rings. The summed E-state index contributed by atoms with van der Waals surface area (Å²) in [5.74, 6) is 0.135. The quantitative estimate of drug-likeness (QED) is 0.752. The van der Waals surface area contributed by atoms with Crippen LogP contribution in [0, 0.1) is 0 Å². The van der Waals surface area contributed by atoms with Gasteiger partial charge in [-0.05, 0) is 13.0 Å². The lowest BCUT2D eigenvalue weighted by Gasteiger charge is -2.17. The normalized spacial score (nSPS) is 13.2. The molecule has 0 saturated carbocycles. The Morgan fingerprint density at radius 2 is 2.00 bits per heavy atom. The number of rotatable bonds is 6. The molecule has 0 aromatic carbocycles. The van der Waals surface area contributed by atoms with Crippen molar-refractivity contribution in [2.24, 2.45) is 0 Å². The van der Waals surface area contributed by atoms with E-state index in [9.17, 15) is 21.6 Å². The molecule has 0 atom stereocenters. The Bertz CT molecular complexity index is 533. The Kier molecular flexibility index (Phi) is 5.51. The molecule has 0 amide bonds. The molecule has 1 aromatic heterocycles. The van der Waals surface area contributed by atoms with Crippen molar-refractivity contribution in [3.63, 3.8) is 0 Å². The SMILES string of the molecule is CCn1cc(S(=O)(=O)N(C)CCC(F)(F)F)cc1CCl. The van der Waals surface area contributed by atoms with Crippen molar-refractivity contribution in [1.29, 1.82) is 0 Å². The summed E-state index contributed by atoms with van der Waals surface area (Å²) in [6.07, 6.45) is -4.18. The highest BCUT2D eigenvalue weighted by atomic mass is 35.5. The third-order valence-electron chi connectivity index (χ3n) is 2.86. The molecule has 0 bridgehead atoms. The molecule has 0 N–H and O–H groups in total. The summed E-state index contributed by atoms with van der Waals surface area (Å²) in [7, 11) is -2.80. The third kappa shape index (κ3) is 4.13. The Hall–Kier alpha value is -0.730. The standard InChI is InChI=1S/C11H16ClF3N2O2S/c1-3-17-8-10(6-9(17)7-12)20(18,19)16(2)5-4-11(13,14)15/h6,8H,3-5,7H2,1-2H3. The van der Waals surface area contributed by atoms with Gasteiger partial charge in [-0.15, -0.1) is 11.6 Å². The number of aromatic nitrogens is 1. The first-order chi connectivity index (χ1) is 9.11. The minimum Gasteiger partial charge on any atom is -0.349 e. The maximum absolute atomic E-state index is 12.1. The molecular weight excluding hydrogens is 317 g/mol. The Morgan fingerprint density at radius 1 is 1.40 bits per heavy atom. The van der Waals surface area contributed by atoms with Crippen LogP contribution in [-0.4, -0.2) is 37.1 Å². The van der Waals surface area contributed by atoms with E-state index in [1.165, 1.54) is 12.3 Å². The number of hydrogen-bond acceptors (Lipinski definition) is 2. The van der Waals surface area contributed by atoms with Crippen LogP contribution in [0.2, 0.25) is 0 Å². The van der Waals surface area contributed by atoms with E-state index >= 15 is 0 Å². The summed E-state index contributed by atoms with van der Waals surface area (Å²) in [5.41, 5.74) is 0.608. The van der Waals surface area contributed by atoms with Gasteiger partial charge in [-0.2, -0.15) is 13.2 Å². The van der Waals surface area contributed by atoms with Crippen molar-refractivity contribution in [1.82, 2.24) is 8.87 Å². The van der Waals surface area contributed by atoms with Crippen LogP contribution in [0.5, 0.6) is 0 Å². The number of hydrogen-bond donors (Lipinski definition) is 0. The number of halogens is 4. The topological polar surface area (TPSA) is 42.3 Å². The molecule has 9 heteroatoms. The van der Waals surface area contributed by atoms with Crippen LogP contribution in [0.1, 0.15) is 19.0 Å². The number of sulfonamides is 1. The highest BCUT2D eigenvalue weighted by Gasteiger charge is 2.31. The highest BCUT2D eigenvalue weighted by molar-refractivity contribution is 7.89.